The predicted molar refractivity (Wildman–Crippen MR) is 45.8 cm³/mol. The van der Waals surface area contributed by atoms with Gasteiger partial charge in [0.15, 0.2) is 18.2 Å². The summed E-state index contributed by atoms with van der Waals surface area (Å²) >= 11 is 0. The highest BCUT2D eigenvalue weighted by atomic mass is 16.7. The fraction of sp³-hybridized carbons (Fsp3) is 0.333. The molecule has 0 aromatic rings. The SMILES string of the molecule is C=CCN1COC=NC1=N[N+](=O)[O-]. The Morgan fingerprint density at radius 3 is 3.38 bits per heavy atom. The number of nitrogens with zero attached hydrogens (tertiary/aromatic N) is 4. The second kappa shape index (κ2) is 4.19. The summed E-state index contributed by atoms with van der Waals surface area (Å²) < 4.78 is 4.83. The molecule has 0 bridgehead atoms. The maximum atomic E-state index is 10.1. The van der Waals surface area contributed by atoms with Crippen LogP contribution < -0.4 is 0 Å². The fourth-order valence-electron chi connectivity index (χ4n) is 0.799. The van der Waals surface area contributed by atoms with Gasteiger partial charge in [0.2, 0.25) is 0 Å². The predicted octanol–water partition coefficient (Wildman–Crippen LogP) is 0.0381. The van der Waals surface area contributed by atoms with Crippen LogP contribution in [0.2, 0.25) is 0 Å². The van der Waals surface area contributed by atoms with E-state index in [2.05, 4.69) is 16.7 Å². The van der Waals surface area contributed by atoms with Gasteiger partial charge in [0.05, 0.1) is 0 Å². The number of guanidine groups is 1. The highest BCUT2D eigenvalue weighted by Gasteiger charge is 2.16. The van der Waals surface area contributed by atoms with Gasteiger partial charge in [-0.15, -0.1) is 6.58 Å². The van der Waals surface area contributed by atoms with E-state index >= 15 is 0 Å². The van der Waals surface area contributed by atoms with Crippen LogP contribution in [-0.4, -0.2) is 35.6 Å². The molecule has 0 radical (unpaired) electrons. The van der Waals surface area contributed by atoms with Crippen molar-refractivity contribution in [3.63, 3.8) is 0 Å². The van der Waals surface area contributed by atoms with Gasteiger partial charge in [0.1, 0.15) is 5.10 Å². The van der Waals surface area contributed by atoms with Gasteiger partial charge >= 0.3 is 5.96 Å². The van der Waals surface area contributed by atoms with E-state index in [1.54, 1.807) is 6.08 Å². The molecule has 1 aliphatic rings. The smallest absolute Gasteiger partial charge is 0.303 e. The first-order valence-electron chi connectivity index (χ1n) is 3.47. The summed E-state index contributed by atoms with van der Waals surface area (Å²) in [6.07, 6.45) is 2.71. The van der Waals surface area contributed by atoms with E-state index in [0.717, 1.165) is 6.40 Å². The van der Waals surface area contributed by atoms with Crippen molar-refractivity contribution in [3.05, 3.63) is 22.8 Å². The molecular formula is C6H8N4O3. The fourth-order valence-corrected chi connectivity index (χ4v) is 0.799. The third-order valence-electron chi connectivity index (χ3n) is 1.28. The van der Waals surface area contributed by atoms with E-state index in [4.69, 9.17) is 4.74 Å². The van der Waals surface area contributed by atoms with Crippen molar-refractivity contribution in [2.24, 2.45) is 10.1 Å². The van der Waals surface area contributed by atoms with E-state index in [1.807, 2.05) is 0 Å². The van der Waals surface area contributed by atoms with Crippen molar-refractivity contribution in [2.75, 3.05) is 13.3 Å². The largest absolute Gasteiger partial charge is 0.462 e. The van der Waals surface area contributed by atoms with E-state index in [9.17, 15) is 10.1 Å². The average molecular weight is 184 g/mol. The monoisotopic (exact) mass is 184 g/mol. The quantitative estimate of drug-likeness (QED) is 0.352. The molecule has 0 fully saturated rings. The number of hydrazone groups is 1. The second-order valence-electron chi connectivity index (χ2n) is 2.18. The van der Waals surface area contributed by atoms with Gasteiger partial charge < -0.3 is 4.74 Å². The van der Waals surface area contributed by atoms with Crippen LogP contribution in [0.3, 0.4) is 0 Å². The topological polar surface area (TPSA) is 80.3 Å². The normalized spacial score (nSPS) is 18.5. The number of ether oxygens (including phenoxy) is 1. The molecule has 0 saturated heterocycles. The van der Waals surface area contributed by atoms with Crippen molar-refractivity contribution in [1.82, 2.24) is 4.90 Å². The summed E-state index contributed by atoms with van der Waals surface area (Å²) in [5.41, 5.74) is 0. The number of hydrogen-bond donors (Lipinski definition) is 0. The molecular weight excluding hydrogens is 176 g/mol. The summed E-state index contributed by atoms with van der Waals surface area (Å²) in [6, 6.07) is 0. The Morgan fingerprint density at radius 1 is 2.00 bits per heavy atom. The van der Waals surface area contributed by atoms with Gasteiger partial charge in [-0.3, -0.25) is 4.90 Å². The van der Waals surface area contributed by atoms with Gasteiger partial charge in [0, 0.05) is 6.54 Å². The molecule has 0 aromatic heterocycles. The number of hydrogen-bond acceptors (Lipinski definition) is 3. The molecule has 0 spiro atoms. The maximum Gasteiger partial charge on any atom is 0.303 e. The Balaban J connectivity index is 2.77. The van der Waals surface area contributed by atoms with Crippen molar-refractivity contribution in [2.45, 2.75) is 0 Å². The molecule has 0 atom stereocenters. The van der Waals surface area contributed by atoms with Crippen molar-refractivity contribution in [1.29, 1.82) is 0 Å². The van der Waals surface area contributed by atoms with E-state index in [-0.39, 0.29) is 12.7 Å². The van der Waals surface area contributed by atoms with Crippen molar-refractivity contribution >= 4 is 12.4 Å². The molecule has 7 nitrogen and oxygen atoms in total. The van der Waals surface area contributed by atoms with E-state index < -0.39 is 5.03 Å². The first-order valence-corrected chi connectivity index (χ1v) is 3.47. The zero-order chi connectivity index (χ0) is 9.68. The highest BCUT2D eigenvalue weighted by Crippen LogP contribution is 1.99. The van der Waals surface area contributed by atoms with Gasteiger partial charge in [-0.05, 0) is 0 Å². The zero-order valence-corrected chi connectivity index (χ0v) is 6.79. The van der Waals surface area contributed by atoms with Crippen molar-refractivity contribution < 1.29 is 9.77 Å². The Labute approximate surface area is 74.2 Å². The standard InChI is InChI=1S/C6H8N4O3/c1-2-3-9-5-13-4-7-6(9)8-10(11)12/h2,4H,1,3,5H2. The molecule has 0 N–H and O–H groups in total. The minimum Gasteiger partial charge on any atom is -0.462 e. The van der Waals surface area contributed by atoms with Crippen LogP contribution in [0, 0.1) is 10.1 Å². The molecule has 7 heteroatoms. The van der Waals surface area contributed by atoms with Crippen molar-refractivity contribution in [3.8, 4) is 0 Å². The Morgan fingerprint density at radius 2 is 2.77 bits per heavy atom. The first-order chi connectivity index (χ1) is 6.24. The third kappa shape index (κ3) is 2.55. The van der Waals surface area contributed by atoms with E-state index in [1.165, 1.54) is 4.90 Å². The Kier molecular flexibility index (Phi) is 2.96. The van der Waals surface area contributed by atoms with Gasteiger partial charge in [-0.25, -0.2) is 10.1 Å². The van der Waals surface area contributed by atoms with Crippen LogP contribution in [0.5, 0.6) is 0 Å². The van der Waals surface area contributed by atoms with Crippen LogP contribution in [0.4, 0.5) is 0 Å². The molecule has 1 rings (SSSR count). The van der Waals surface area contributed by atoms with Crippen LogP contribution in [-0.2, 0) is 4.74 Å². The summed E-state index contributed by atoms with van der Waals surface area (Å²) in [7, 11) is 0. The Hall–Kier alpha value is -1.92. The van der Waals surface area contributed by atoms with Gasteiger partial charge in [0.25, 0.3) is 0 Å². The molecule has 0 aliphatic carbocycles. The number of aliphatic imine (C=N–C) groups is 1. The molecule has 0 unspecified atom stereocenters. The lowest BCUT2D eigenvalue weighted by molar-refractivity contribution is -0.485. The lowest BCUT2D eigenvalue weighted by atomic mass is 10.5. The van der Waals surface area contributed by atoms with Crippen LogP contribution >= 0.6 is 0 Å². The minimum atomic E-state index is -0.798. The third-order valence-corrected chi connectivity index (χ3v) is 1.28. The number of rotatable bonds is 3. The molecule has 0 amide bonds. The summed E-state index contributed by atoms with van der Waals surface area (Å²) in [4.78, 5) is 15.2. The lowest BCUT2D eigenvalue weighted by Gasteiger charge is -2.21. The first kappa shape index (κ1) is 9.17. The highest BCUT2D eigenvalue weighted by molar-refractivity contribution is 5.87. The summed E-state index contributed by atoms with van der Waals surface area (Å²) in [5.74, 6) is 0.0242. The Bertz CT molecular complexity index is 273. The average Bonchev–Trinajstić information content (AvgIpc) is 2.08. The molecule has 13 heavy (non-hydrogen) atoms. The van der Waals surface area contributed by atoms with Crippen LogP contribution in [0.15, 0.2) is 22.7 Å². The summed E-state index contributed by atoms with van der Waals surface area (Å²) in [5, 5.41) is 12.3. The molecule has 70 valence electrons. The van der Waals surface area contributed by atoms with Gasteiger partial charge in [-0.2, -0.15) is 4.99 Å². The number of nitro groups is 1. The van der Waals surface area contributed by atoms with E-state index in [0.29, 0.717) is 6.54 Å². The van der Waals surface area contributed by atoms with Crippen LogP contribution in [0.1, 0.15) is 0 Å². The minimum absolute atomic E-state index is 0.0242. The molecule has 0 saturated carbocycles. The van der Waals surface area contributed by atoms with Crippen LogP contribution in [0.25, 0.3) is 0 Å². The lowest BCUT2D eigenvalue weighted by Crippen LogP contribution is -2.35. The molecule has 1 heterocycles. The van der Waals surface area contributed by atoms with Gasteiger partial charge in [-0.1, -0.05) is 6.08 Å². The molecule has 0 aromatic carbocycles. The maximum absolute atomic E-state index is 10.1. The summed E-state index contributed by atoms with van der Waals surface area (Å²) in [6.45, 7) is 4.10. The second-order valence-corrected chi connectivity index (χ2v) is 2.18. The zero-order valence-electron chi connectivity index (χ0n) is 6.79. The molecule has 1 aliphatic heterocycles.